The Morgan fingerprint density at radius 1 is 1.14 bits per heavy atom. The van der Waals surface area contributed by atoms with Gasteiger partial charge >= 0.3 is 0 Å². The fourth-order valence-electron chi connectivity index (χ4n) is 2.86. The summed E-state index contributed by atoms with van der Waals surface area (Å²) in [5, 5.41) is 10.8. The highest BCUT2D eigenvalue weighted by atomic mass is 16.6. The van der Waals surface area contributed by atoms with Crippen LogP contribution >= 0.6 is 0 Å². The van der Waals surface area contributed by atoms with Gasteiger partial charge in [0, 0.05) is 35.4 Å². The molecule has 1 aromatic carbocycles. The van der Waals surface area contributed by atoms with E-state index in [0.29, 0.717) is 0 Å². The summed E-state index contributed by atoms with van der Waals surface area (Å²) in [7, 11) is 0. The van der Waals surface area contributed by atoms with Gasteiger partial charge in [0.15, 0.2) is 0 Å². The minimum atomic E-state index is -0.378. The second kappa shape index (κ2) is 5.52. The predicted octanol–water partition coefficient (Wildman–Crippen LogP) is 4.05. The molecule has 0 fully saturated rings. The Labute approximate surface area is 128 Å². The molecule has 22 heavy (non-hydrogen) atoms. The minimum absolute atomic E-state index is 0.00417. The van der Waals surface area contributed by atoms with Gasteiger partial charge in [0.2, 0.25) is 0 Å². The molecule has 112 valence electrons. The normalized spacial score (nSPS) is 12.3. The Bertz CT molecular complexity index is 786. The van der Waals surface area contributed by atoms with Gasteiger partial charge in [-0.25, -0.2) is 0 Å². The zero-order valence-corrected chi connectivity index (χ0v) is 12.5. The van der Waals surface area contributed by atoms with Gasteiger partial charge in [-0.2, -0.15) is 0 Å². The van der Waals surface area contributed by atoms with E-state index in [1.54, 1.807) is 12.1 Å². The number of aromatic nitrogens is 2. The average Bonchev–Trinajstić information content (AvgIpc) is 3.11. The summed E-state index contributed by atoms with van der Waals surface area (Å²) in [5.41, 5.74) is 5.56. The molecule has 0 radical (unpaired) electrons. The van der Waals surface area contributed by atoms with E-state index < -0.39 is 0 Å². The van der Waals surface area contributed by atoms with Crippen molar-refractivity contribution in [1.82, 2.24) is 9.97 Å². The van der Waals surface area contributed by atoms with E-state index in [1.807, 2.05) is 37.4 Å². The molecule has 0 aliphatic rings. The van der Waals surface area contributed by atoms with Gasteiger partial charge in [0.25, 0.3) is 5.69 Å². The lowest BCUT2D eigenvalue weighted by Gasteiger charge is -2.16. The Morgan fingerprint density at radius 3 is 2.36 bits per heavy atom. The lowest BCUT2D eigenvalue weighted by Crippen LogP contribution is -2.06. The lowest BCUT2D eigenvalue weighted by atomic mass is 9.90. The van der Waals surface area contributed by atoms with E-state index in [-0.39, 0.29) is 16.5 Å². The SMILES string of the molecule is Cc1cc(C)c(C(c2ccc([N+](=O)[O-])cc2)c2ccc[nH]2)[nH]1. The fourth-order valence-corrected chi connectivity index (χ4v) is 2.86. The number of nitrogens with one attached hydrogen (secondary N) is 2. The number of hydrogen-bond donors (Lipinski definition) is 2. The highest BCUT2D eigenvalue weighted by molar-refractivity contribution is 5.44. The molecule has 5 heteroatoms. The second-order valence-electron chi connectivity index (χ2n) is 5.46. The third kappa shape index (κ3) is 2.53. The number of non-ortho nitro benzene ring substituents is 1. The molecule has 0 amide bonds. The number of hydrogen-bond acceptors (Lipinski definition) is 2. The number of aryl methyl sites for hydroxylation is 2. The number of aromatic amines is 2. The number of nitro groups is 1. The van der Waals surface area contributed by atoms with Crippen LogP contribution in [0, 0.1) is 24.0 Å². The summed E-state index contributed by atoms with van der Waals surface area (Å²) >= 11 is 0. The van der Waals surface area contributed by atoms with E-state index in [0.717, 1.165) is 22.6 Å². The maximum Gasteiger partial charge on any atom is 0.269 e. The van der Waals surface area contributed by atoms with Gasteiger partial charge in [0.05, 0.1) is 10.8 Å². The van der Waals surface area contributed by atoms with Crippen LogP contribution in [0.15, 0.2) is 48.7 Å². The molecule has 0 bridgehead atoms. The van der Waals surface area contributed by atoms with Crippen LogP contribution in [0.5, 0.6) is 0 Å². The summed E-state index contributed by atoms with van der Waals surface area (Å²) in [4.78, 5) is 17.1. The van der Waals surface area contributed by atoms with Gasteiger partial charge in [-0.1, -0.05) is 12.1 Å². The smallest absolute Gasteiger partial charge is 0.269 e. The Kier molecular flexibility index (Phi) is 3.55. The van der Waals surface area contributed by atoms with Crippen LogP contribution in [0.4, 0.5) is 5.69 Å². The molecule has 3 aromatic rings. The van der Waals surface area contributed by atoms with E-state index in [2.05, 4.69) is 23.0 Å². The maximum absolute atomic E-state index is 10.8. The lowest BCUT2D eigenvalue weighted by molar-refractivity contribution is -0.384. The van der Waals surface area contributed by atoms with Crippen LogP contribution in [0.2, 0.25) is 0 Å². The first kappa shape index (κ1) is 14.1. The van der Waals surface area contributed by atoms with Crippen molar-refractivity contribution >= 4 is 5.69 Å². The third-order valence-corrected chi connectivity index (χ3v) is 3.85. The number of H-pyrrole nitrogens is 2. The van der Waals surface area contributed by atoms with Crippen molar-refractivity contribution < 1.29 is 4.92 Å². The third-order valence-electron chi connectivity index (χ3n) is 3.85. The maximum atomic E-state index is 10.8. The van der Waals surface area contributed by atoms with Crippen molar-refractivity contribution in [3.05, 3.63) is 87.0 Å². The van der Waals surface area contributed by atoms with Gasteiger partial charge in [-0.15, -0.1) is 0 Å². The molecule has 1 unspecified atom stereocenters. The molecule has 1 atom stereocenters. The monoisotopic (exact) mass is 295 g/mol. The molecule has 0 spiro atoms. The van der Waals surface area contributed by atoms with Crippen molar-refractivity contribution in [3.8, 4) is 0 Å². The van der Waals surface area contributed by atoms with Crippen molar-refractivity contribution in [1.29, 1.82) is 0 Å². The van der Waals surface area contributed by atoms with E-state index in [1.165, 1.54) is 5.56 Å². The molecule has 0 saturated heterocycles. The number of rotatable bonds is 4. The Morgan fingerprint density at radius 2 is 1.86 bits per heavy atom. The van der Waals surface area contributed by atoms with Crippen molar-refractivity contribution in [3.63, 3.8) is 0 Å². The molecule has 2 aromatic heterocycles. The first-order valence-electron chi connectivity index (χ1n) is 7.10. The molecule has 0 saturated carbocycles. The summed E-state index contributed by atoms with van der Waals surface area (Å²) < 4.78 is 0. The quantitative estimate of drug-likeness (QED) is 0.563. The molecule has 0 aliphatic heterocycles. The zero-order valence-electron chi connectivity index (χ0n) is 12.5. The minimum Gasteiger partial charge on any atom is -0.364 e. The van der Waals surface area contributed by atoms with Crippen molar-refractivity contribution in [2.75, 3.05) is 0 Å². The van der Waals surface area contributed by atoms with Crippen LogP contribution in [0.25, 0.3) is 0 Å². The Hall–Kier alpha value is -2.82. The largest absolute Gasteiger partial charge is 0.364 e. The summed E-state index contributed by atoms with van der Waals surface area (Å²) in [6, 6.07) is 12.8. The van der Waals surface area contributed by atoms with Crippen LogP contribution in [-0.4, -0.2) is 14.9 Å². The summed E-state index contributed by atoms with van der Waals surface area (Å²) in [5.74, 6) is 0.00417. The molecule has 2 N–H and O–H groups in total. The van der Waals surface area contributed by atoms with Crippen LogP contribution in [0.3, 0.4) is 0 Å². The second-order valence-corrected chi connectivity index (χ2v) is 5.46. The van der Waals surface area contributed by atoms with Crippen LogP contribution in [-0.2, 0) is 0 Å². The van der Waals surface area contributed by atoms with Gasteiger partial charge in [-0.05, 0) is 43.2 Å². The van der Waals surface area contributed by atoms with Crippen LogP contribution in [0.1, 0.15) is 34.1 Å². The highest BCUT2D eigenvalue weighted by Gasteiger charge is 2.21. The molecule has 5 nitrogen and oxygen atoms in total. The first-order chi connectivity index (χ1) is 10.6. The fraction of sp³-hybridized carbons (Fsp3) is 0.176. The van der Waals surface area contributed by atoms with E-state index in [4.69, 9.17) is 0 Å². The molecule has 0 aliphatic carbocycles. The summed E-state index contributed by atoms with van der Waals surface area (Å²) in [6.07, 6.45) is 1.89. The average molecular weight is 295 g/mol. The van der Waals surface area contributed by atoms with Crippen molar-refractivity contribution in [2.24, 2.45) is 0 Å². The van der Waals surface area contributed by atoms with E-state index >= 15 is 0 Å². The topological polar surface area (TPSA) is 74.7 Å². The van der Waals surface area contributed by atoms with Gasteiger partial charge in [0.1, 0.15) is 0 Å². The zero-order chi connectivity index (χ0) is 15.7. The number of benzene rings is 1. The Balaban J connectivity index is 2.10. The predicted molar refractivity (Wildman–Crippen MR) is 85.1 cm³/mol. The first-order valence-corrected chi connectivity index (χ1v) is 7.10. The van der Waals surface area contributed by atoms with Crippen LogP contribution < -0.4 is 0 Å². The molecular weight excluding hydrogens is 278 g/mol. The molecular formula is C17H17N3O2. The van der Waals surface area contributed by atoms with Gasteiger partial charge < -0.3 is 9.97 Å². The number of nitro benzene ring substituents is 1. The molecule has 2 heterocycles. The van der Waals surface area contributed by atoms with E-state index in [9.17, 15) is 10.1 Å². The number of nitrogens with zero attached hydrogens (tertiary/aromatic N) is 1. The summed E-state index contributed by atoms with van der Waals surface area (Å²) in [6.45, 7) is 4.10. The standard InChI is InChI=1S/C17H17N3O2/c1-11-10-12(2)19-17(11)16(15-4-3-9-18-15)13-5-7-14(8-6-13)20(21)22/h3-10,16,18-19H,1-2H3. The highest BCUT2D eigenvalue weighted by Crippen LogP contribution is 2.33. The molecule has 3 rings (SSSR count). The van der Waals surface area contributed by atoms with Gasteiger partial charge in [-0.3, -0.25) is 10.1 Å². The van der Waals surface area contributed by atoms with Crippen molar-refractivity contribution in [2.45, 2.75) is 19.8 Å².